The van der Waals surface area contributed by atoms with Gasteiger partial charge in [-0.3, -0.25) is 9.19 Å². The van der Waals surface area contributed by atoms with Crippen LogP contribution < -0.4 is 5.32 Å². The lowest BCUT2D eigenvalue weighted by atomic mass is 10.1. The monoisotopic (exact) mass is 560 g/mol. The van der Waals surface area contributed by atoms with Crippen molar-refractivity contribution in [3.63, 3.8) is 0 Å². The summed E-state index contributed by atoms with van der Waals surface area (Å²) in [6.45, 7) is 8.99. The number of benzene rings is 1. The standard InChI is InChI=1S/C23H28Cl2N2O6S.C2H6/c1-23(2,3)33-22(31)27-19(21(29)30)8-10-34(32)11-9-20(28)18-7-4-14(13-26-18)16-6-5-15(24)12-17(16)25;1-2/h4-7,12-13,19-20,28H,8-11H2,1-3H3,(H,27,31)(H,29,30);1-2H3. The molecule has 0 aliphatic rings. The highest BCUT2D eigenvalue weighted by atomic mass is 35.5. The normalized spacial score (nSPS) is 13.6. The molecule has 0 radical (unpaired) electrons. The molecule has 11 heteroatoms. The number of carbonyl (C=O) groups excluding carboxylic acids is 1. The van der Waals surface area contributed by atoms with E-state index in [1.54, 1.807) is 57.3 Å². The molecule has 1 aromatic carbocycles. The summed E-state index contributed by atoms with van der Waals surface area (Å²) in [5, 5.41) is 23.0. The smallest absolute Gasteiger partial charge is 0.408 e. The second kappa shape index (κ2) is 15.1. The number of halogens is 2. The van der Waals surface area contributed by atoms with Crippen LogP contribution in [0.5, 0.6) is 0 Å². The fourth-order valence-corrected chi connectivity index (χ4v) is 4.64. The van der Waals surface area contributed by atoms with Gasteiger partial charge in [-0.2, -0.15) is 0 Å². The number of carboxylic acids is 1. The molecule has 1 aromatic heterocycles. The first-order chi connectivity index (χ1) is 16.9. The van der Waals surface area contributed by atoms with Crippen molar-refractivity contribution in [2.45, 2.75) is 65.2 Å². The summed E-state index contributed by atoms with van der Waals surface area (Å²) >= 11 is 12.1. The Balaban J connectivity index is 0.00000316. The highest BCUT2D eigenvalue weighted by molar-refractivity contribution is 7.84. The van der Waals surface area contributed by atoms with E-state index in [0.29, 0.717) is 15.7 Å². The largest absolute Gasteiger partial charge is 0.480 e. The minimum atomic E-state index is -1.40. The van der Waals surface area contributed by atoms with E-state index < -0.39 is 40.6 Å². The number of nitrogens with zero attached hydrogens (tertiary/aromatic N) is 1. The van der Waals surface area contributed by atoms with E-state index in [4.69, 9.17) is 27.9 Å². The van der Waals surface area contributed by atoms with E-state index in [9.17, 15) is 24.0 Å². The van der Waals surface area contributed by atoms with Crippen molar-refractivity contribution >= 4 is 46.1 Å². The van der Waals surface area contributed by atoms with Gasteiger partial charge >= 0.3 is 12.1 Å². The van der Waals surface area contributed by atoms with Crippen molar-refractivity contribution in [3.8, 4) is 11.1 Å². The van der Waals surface area contributed by atoms with Crippen LogP contribution in [-0.2, 0) is 20.3 Å². The second-order valence-electron chi connectivity index (χ2n) is 8.57. The summed E-state index contributed by atoms with van der Waals surface area (Å²) in [6, 6.07) is 7.35. The first-order valence-corrected chi connectivity index (χ1v) is 13.8. The minimum absolute atomic E-state index is 0.0356. The number of carboxylic acid groups (broad SMARTS) is 1. The van der Waals surface area contributed by atoms with Gasteiger partial charge in [-0.25, -0.2) is 9.59 Å². The van der Waals surface area contributed by atoms with Crippen LogP contribution in [0.1, 0.15) is 59.3 Å². The molecule has 0 fully saturated rings. The lowest BCUT2D eigenvalue weighted by molar-refractivity contribution is -0.139. The van der Waals surface area contributed by atoms with E-state index in [-0.39, 0.29) is 24.3 Å². The maximum absolute atomic E-state index is 12.3. The number of aliphatic hydroxyl groups excluding tert-OH is 1. The number of carbonyl (C=O) groups is 2. The van der Waals surface area contributed by atoms with Gasteiger partial charge in [0, 0.05) is 49.7 Å². The Morgan fingerprint density at radius 3 is 2.28 bits per heavy atom. The van der Waals surface area contributed by atoms with Crippen LogP contribution in [-0.4, -0.2) is 54.6 Å². The molecule has 3 N–H and O–H groups in total. The summed E-state index contributed by atoms with van der Waals surface area (Å²) in [6.07, 6.45) is -0.0571. The van der Waals surface area contributed by atoms with Gasteiger partial charge < -0.3 is 20.3 Å². The molecule has 1 amide bonds. The minimum Gasteiger partial charge on any atom is -0.480 e. The zero-order valence-electron chi connectivity index (χ0n) is 21.1. The quantitative estimate of drug-likeness (QED) is 0.344. The molecular formula is C25H34Cl2N2O6S. The maximum atomic E-state index is 12.3. The van der Waals surface area contributed by atoms with Crippen molar-refractivity contribution in [3.05, 3.63) is 52.3 Å². The van der Waals surface area contributed by atoms with Crippen LogP contribution in [0, 0.1) is 0 Å². The number of ether oxygens (including phenoxy) is 1. The lowest BCUT2D eigenvalue weighted by Crippen LogP contribution is -2.44. The van der Waals surface area contributed by atoms with Gasteiger partial charge in [0.1, 0.15) is 11.6 Å². The fourth-order valence-electron chi connectivity index (χ4n) is 2.93. The summed E-state index contributed by atoms with van der Waals surface area (Å²) in [4.78, 5) is 27.5. The van der Waals surface area contributed by atoms with E-state index in [1.807, 2.05) is 13.8 Å². The van der Waals surface area contributed by atoms with Gasteiger partial charge in [0.2, 0.25) is 0 Å². The number of aliphatic hydroxyl groups is 1. The molecule has 3 atom stereocenters. The zero-order valence-corrected chi connectivity index (χ0v) is 23.4. The van der Waals surface area contributed by atoms with Gasteiger partial charge in [0.05, 0.1) is 11.8 Å². The Morgan fingerprint density at radius 1 is 1.11 bits per heavy atom. The Labute approximate surface area is 224 Å². The van der Waals surface area contributed by atoms with Crippen molar-refractivity contribution in [2.24, 2.45) is 0 Å². The molecule has 0 aliphatic carbocycles. The Morgan fingerprint density at radius 2 is 1.75 bits per heavy atom. The molecule has 0 spiro atoms. The molecule has 2 aromatic rings. The number of nitrogens with one attached hydrogen (secondary N) is 1. The first kappa shape index (κ1) is 31.8. The number of aromatic nitrogens is 1. The van der Waals surface area contributed by atoms with Crippen molar-refractivity contribution in [1.82, 2.24) is 10.3 Å². The van der Waals surface area contributed by atoms with Crippen LogP contribution in [0.3, 0.4) is 0 Å². The average Bonchev–Trinajstić information content (AvgIpc) is 2.80. The van der Waals surface area contributed by atoms with E-state index >= 15 is 0 Å². The predicted molar refractivity (Wildman–Crippen MR) is 144 cm³/mol. The number of amides is 1. The summed E-state index contributed by atoms with van der Waals surface area (Å²) in [5.41, 5.74) is 1.17. The van der Waals surface area contributed by atoms with E-state index in [2.05, 4.69) is 10.3 Å². The maximum Gasteiger partial charge on any atom is 0.408 e. The van der Waals surface area contributed by atoms with Crippen molar-refractivity contribution < 1.29 is 28.7 Å². The Hall–Kier alpha value is -2.20. The number of rotatable bonds is 10. The third kappa shape index (κ3) is 11.2. The van der Waals surface area contributed by atoms with Gasteiger partial charge in [0.25, 0.3) is 0 Å². The van der Waals surface area contributed by atoms with Crippen LogP contribution in [0.4, 0.5) is 4.79 Å². The van der Waals surface area contributed by atoms with Gasteiger partial charge in [0.15, 0.2) is 0 Å². The first-order valence-electron chi connectivity index (χ1n) is 11.5. The molecule has 1 heterocycles. The SMILES string of the molecule is CC.CC(C)(C)OC(=O)NC(CCS(=O)CCC(O)c1ccc(-c2ccc(Cl)cc2Cl)cn1)C(=O)O. The number of alkyl carbamates (subject to hydrolysis) is 1. The number of hydrogen-bond donors (Lipinski definition) is 3. The molecule has 0 saturated carbocycles. The molecule has 8 nitrogen and oxygen atoms in total. The highest BCUT2D eigenvalue weighted by Crippen LogP contribution is 2.30. The molecule has 0 saturated heterocycles. The molecule has 3 unspecified atom stereocenters. The van der Waals surface area contributed by atoms with Gasteiger partial charge in [-0.1, -0.05) is 49.2 Å². The van der Waals surface area contributed by atoms with E-state index in [0.717, 1.165) is 11.1 Å². The van der Waals surface area contributed by atoms with Gasteiger partial charge in [-0.15, -0.1) is 0 Å². The van der Waals surface area contributed by atoms with Crippen molar-refractivity contribution in [1.29, 1.82) is 0 Å². The van der Waals surface area contributed by atoms with Crippen LogP contribution in [0.2, 0.25) is 10.0 Å². The molecule has 0 aliphatic heterocycles. The summed E-state index contributed by atoms with van der Waals surface area (Å²) in [7, 11) is -1.40. The Kier molecular flexibility index (Phi) is 13.4. The van der Waals surface area contributed by atoms with E-state index in [1.165, 1.54) is 0 Å². The fraction of sp³-hybridized carbons (Fsp3) is 0.480. The third-order valence-corrected chi connectivity index (χ3v) is 6.54. The van der Waals surface area contributed by atoms with Crippen LogP contribution in [0.25, 0.3) is 11.1 Å². The molecule has 0 bridgehead atoms. The summed E-state index contributed by atoms with van der Waals surface area (Å²) < 4.78 is 17.4. The number of pyridine rings is 1. The summed E-state index contributed by atoms with van der Waals surface area (Å²) in [5.74, 6) is -1.05. The number of aliphatic carboxylic acids is 1. The lowest BCUT2D eigenvalue weighted by Gasteiger charge is -2.22. The molecule has 2 rings (SSSR count). The molecular weight excluding hydrogens is 527 g/mol. The average molecular weight is 562 g/mol. The third-order valence-electron chi connectivity index (χ3n) is 4.61. The molecule has 200 valence electrons. The van der Waals surface area contributed by atoms with Crippen LogP contribution in [0.15, 0.2) is 36.5 Å². The Bertz CT molecular complexity index is 1030. The van der Waals surface area contributed by atoms with Crippen LogP contribution >= 0.6 is 23.2 Å². The van der Waals surface area contributed by atoms with Crippen molar-refractivity contribution in [2.75, 3.05) is 11.5 Å². The topological polar surface area (TPSA) is 126 Å². The highest BCUT2D eigenvalue weighted by Gasteiger charge is 2.24. The van der Waals surface area contributed by atoms with Gasteiger partial charge in [-0.05, 0) is 51.8 Å². The predicted octanol–water partition coefficient (Wildman–Crippen LogP) is 5.62. The zero-order chi connectivity index (χ0) is 27.5. The second-order valence-corrected chi connectivity index (χ2v) is 11.1. The molecule has 36 heavy (non-hydrogen) atoms. The number of hydrogen-bond acceptors (Lipinski definition) is 6.